The fourth-order valence-electron chi connectivity index (χ4n) is 1.67. The summed E-state index contributed by atoms with van der Waals surface area (Å²) in [5, 5.41) is 20.4. The third-order valence-corrected chi connectivity index (χ3v) is 2.46. The van der Waals surface area contributed by atoms with E-state index in [4.69, 9.17) is 9.47 Å². The maximum Gasteiger partial charge on any atom is 0.134 e. The van der Waals surface area contributed by atoms with Gasteiger partial charge in [0.05, 0.1) is 19.6 Å². The second kappa shape index (κ2) is 3.81. The first-order valence-electron chi connectivity index (χ1n) is 4.74. The molecule has 0 aliphatic carbocycles. The monoisotopic (exact) mass is 220 g/mol. The predicted molar refractivity (Wildman–Crippen MR) is 60.4 cm³/mol. The fraction of sp³-hybridized carbons (Fsp3) is 0.167. The number of fused-ring (bicyclic) bond motifs is 1. The third kappa shape index (κ3) is 1.48. The van der Waals surface area contributed by atoms with Gasteiger partial charge in [0.15, 0.2) is 0 Å². The van der Waals surface area contributed by atoms with E-state index in [0.29, 0.717) is 22.3 Å². The van der Waals surface area contributed by atoms with Crippen molar-refractivity contribution in [3.63, 3.8) is 0 Å². The van der Waals surface area contributed by atoms with Crippen LogP contribution in [0.15, 0.2) is 24.3 Å². The minimum Gasteiger partial charge on any atom is -0.507 e. The van der Waals surface area contributed by atoms with Crippen LogP contribution in [0.1, 0.15) is 0 Å². The average molecular weight is 220 g/mol. The molecule has 4 nitrogen and oxygen atoms in total. The summed E-state index contributed by atoms with van der Waals surface area (Å²) in [7, 11) is 3.03. The lowest BCUT2D eigenvalue weighted by atomic mass is 10.1. The van der Waals surface area contributed by atoms with Crippen LogP contribution in [0.4, 0.5) is 0 Å². The van der Waals surface area contributed by atoms with E-state index in [-0.39, 0.29) is 11.5 Å². The summed E-state index contributed by atoms with van der Waals surface area (Å²) in [6.07, 6.45) is 0. The van der Waals surface area contributed by atoms with Crippen LogP contribution >= 0.6 is 0 Å². The van der Waals surface area contributed by atoms with Crippen molar-refractivity contribution in [3.05, 3.63) is 24.3 Å². The highest BCUT2D eigenvalue weighted by Gasteiger charge is 2.12. The molecule has 2 aromatic rings. The van der Waals surface area contributed by atoms with Crippen molar-refractivity contribution >= 4 is 10.8 Å². The van der Waals surface area contributed by atoms with Crippen molar-refractivity contribution < 1.29 is 19.7 Å². The highest BCUT2D eigenvalue weighted by molar-refractivity contribution is 5.98. The first-order valence-corrected chi connectivity index (χ1v) is 4.74. The van der Waals surface area contributed by atoms with E-state index in [1.54, 1.807) is 12.1 Å². The molecule has 4 heteroatoms. The normalized spacial score (nSPS) is 10.4. The van der Waals surface area contributed by atoms with E-state index < -0.39 is 0 Å². The lowest BCUT2D eigenvalue weighted by Gasteiger charge is -2.10. The average Bonchev–Trinajstić information content (AvgIpc) is 2.32. The van der Waals surface area contributed by atoms with E-state index in [2.05, 4.69) is 0 Å². The van der Waals surface area contributed by atoms with Gasteiger partial charge in [-0.15, -0.1) is 0 Å². The summed E-state index contributed by atoms with van der Waals surface area (Å²) in [5.41, 5.74) is 0. The van der Waals surface area contributed by atoms with Crippen LogP contribution in [0, 0.1) is 0 Å². The Hall–Kier alpha value is -2.10. The number of phenols is 2. The van der Waals surface area contributed by atoms with Crippen molar-refractivity contribution in [3.8, 4) is 23.0 Å². The van der Waals surface area contributed by atoms with Crippen LogP contribution in [-0.2, 0) is 0 Å². The SMILES string of the molecule is COc1cc(OC)c2c(O)ccc(O)c2c1. The molecule has 0 amide bonds. The fourth-order valence-corrected chi connectivity index (χ4v) is 1.67. The summed E-state index contributed by atoms with van der Waals surface area (Å²) in [5.74, 6) is 1.16. The molecule has 84 valence electrons. The third-order valence-electron chi connectivity index (χ3n) is 2.46. The van der Waals surface area contributed by atoms with Crippen LogP contribution in [0.3, 0.4) is 0 Å². The van der Waals surface area contributed by atoms with Gasteiger partial charge in [-0.25, -0.2) is 0 Å². The van der Waals surface area contributed by atoms with Gasteiger partial charge in [0.1, 0.15) is 23.0 Å². The van der Waals surface area contributed by atoms with Crippen LogP contribution in [0.2, 0.25) is 0 Å². The van der Waals surface area contributed by atoms with Gasteiger partial charge < -0.3 is 19.7 Å². The number of rotatable bonds is 2. The Morgan fingerprint density at radius 2 is 1.62 bits per heavy atom. The lowest BCUT2D eigenvalue weighted by Crippen LogP contribution is -1.89. The van der Waals surface area contributed by atoms with Gasteiger partial charge in [0.25, 0.3) is 0 Å². The van der Waals surface area contributed by atoms with Crippen molar-refractivity contribution in [1.82, 2.24) is 0 Å². The Morgan fingerprint density at radius 1 is 0.938 bits per heavy atom. The Bertz CT molecular complexity index is 534. The van der Waals surface area contributed by atoms with Crippen LogP contribution in [0.25, 0.3) is 10.8 Å². The van der Waals surface area contributed by atoms with Crippen LogP contribution in [-0.4, -0.2) is 24.4 Å². The second-order valence-electron chi connectivity index (χ2n) is 3.36. The number of hydrogen-bond donors (Lipinski definition) is 2. The molecule has 0 unspecified atom stereocenters. The zero-order valence-corrected chi connectivity index (χ0v) is 9.02. The van der Waals surface area contributed by atoms with Crippen LogP contribution < -0.4 is 9.47 Å². The molecule has 0 saturated carbocycles. The van der Waals surface area contributed by atoms with Gasteiger partial charge in [-0.2, -0.15) is 0 Å². The first-order chi connectivity index (χ1) is 7.67. The second-order valence-corrected chi connectivity index (χ2v) is 3.36. The number of benzene rings is 2. The molecule has 2 N–H and O–H groups in total. The number of hydrogen-bond acceptors (Lipinski definition) is 4. The molecule has 2 aromatic carbocycles. The van der Waals surface area contributed by atoms with Gasteiger partial charge in [-0.3, -0.25) is 0 Å². The Labute approximate surface area is 92.7 Å². The molecule has 0 aliphatic heterocycles. The van der Waals surface area contributed by atoms with Gasteiger partial charge in [0, 0.05) is 11.5 Å². The van der Waals surface area contributed by atoms with Gasteiger partial charge in [-0.05, 0) is 18.2 Å². The molecule has 0 saturated heterocycles. The summed E-state index contributed by atoms with van der Waals surface area (Å²) in [4.78, 5) is 0. The van der Waals surface area contributed by atoms with E-state index in [1.165, 1.54) is 26.4 Å². The highest BCUT2D eigenvalue weighted by atomic mass is 16.5. The Kier molecular flexibility index (Phi) is 2.48. The summed E-state index contributed by atoms with van der Waals surface area (Å²) in [6.45, 7) is 0. The number of phenolic OH excluding ortho intramolecular Hbond substituents is 2. The Morgan fingerprint density at radius 3 is 2.25 bits per heavy atom. The minimum absolute atomic E-state index is 0.0623. The molecular weight excluding hydrogens is 208 g/mol. The molecule has 0 fully saturated rings. The van der Waals surface area contributed by atoms with Crippen molar-refractivity contribution in [1.29, 1.82) is 0 Å². The number of aromatic hydroxyl groups is 2. The molecule has 0 radical (unpaired) electrons. The highest BCUT2D eigenvalue weighted by Crippen LogP contribution is 2.40. The summed E-state index contributed by atoms with van der Waals surface area (Å²) >= 11 is 0. The van der Waals surface area contributed by atoms with E-state index in [9.17, 15) is 10.2 Å². The molecule has 0 heterocycles. The minimum atomic E-state index is 0.0623. The van der Waals surface area contributed by atoms with E-state index in [1.807, 2.05) is 0 Å². The molecule has 0 bridgehead atoms. The molecule has 0 atom stereocenters. The maximum atomic E-state index is 9.74. The maximum absolute atomic E-state index is 9.74. The predicted octanol–water partition coefficient (Wildman–Crippen LogP) is 2.27. The van der Waals surface area contributed by atoms with Crippen molar-refractivity contribution in [2.45, 2.75) is 0 Å². The molecule has 0 aliphatic rings. The zero-order valence-electron chi connectivity index (χ0n) is 9.02. The largest absolute Gasteiger partial charge is 0.507 e. The topological polar surface area (TPSA) is 58.9 Å². The number of ether oxygens (including phenoxy) is 2. The van der Waals surface area contributed by atoms with Gasteiger partial charge in [-0.1, -0.05) is 0 Å². The molecular formula is C12H12O4. The zero-order chi connectivity index (χ0) is 11.7. The summed E-state index contributed by atoms with van der Waals surface area (Å²) in [6, 6.07) is 6.15. The quantitative estimate of drug-likeness (QED) is 0.762. The molecule has 2 rings (SSSR count). The van der Waals surface area contributed by atoms with Crippen molar-refractivity contribution in [2.75, 3.05) is 14.2 Å². The number of methoxy groups -OCH3 is 2. The summed E-state index contributed by atoms with van der Waals surface area (Å²) < 4.78 is 10.2. The Balaban J connectivity index is 2.88. The molecule has 16 heavy (non-hydrogen) atoms. The lowest BCUT2D eigenvalue weighted by molar-refractivity contribution is 0.395. The van der Waals surface area contributed by atoms with Crippen molar-refractivity contribution in [2.24, 2.45) is 0 Å². The molecule has 0 spiro atoms. The smallest absolute Gasteiger partial charge is 0.134 e. The first kappa shape index (κ1) is 10.4. The standard InChI is InChI=1S/C12H12O4/c1-15-7-5-8-9(13)3-4-10(14)12(8)11(6-7)16-2/h3-6,13-14H,1-2H3. The molecule has 0 aromatic heterocycles. The van der Waals surface area contributed by atoms with Gasteiger partial charge >= 0.3 is 0 Å². The van der Waals surface area contributed by atoms with Gasteiger partial charge in [0.2, 0.25) is 0 Å². The van der Waals surface area contributed by atoms with Crippen LogP contribution in [0.5, 0.6) is 23.0 Å². The van der Waals surface area contributed by atoms with E-state index in [0.717, 1.165) is 0 Å². The van der Waals surface area contributed by atoms with E-state index >= 15 is 0 Å².